The molecule has 3 aromatic rings. The van der Waals surface area contributed by atoms with E-state index in [2.05, 4.69) is 10.6 Å². The van der Waals surface area contributed by atoms with Crippen molar-refractivity contribution >= 4 is 29.0 Å². The first kappa shape index (κ1) is 17.5. The molecule has 1 heterocycles. The van der Waals surface area contributed by atoms with Gasteiger partial charge < -0.3 is 15.4 Å². The first-order chi connectivity index (χ1) is 13.6. The van der Waals surface area contributed by atoms with Gasteiger partial charge in [-0.15, -0.1) is 0 Å². The molecule has 28 heavy (non-hydrogen) atoms. The number of hydrogen-bond donors (Lipinski definition) is 2. The number of amides is 2. The Balaban J connectivity index is 1.44. The number of rotatable bonds is 5. The fraction of sp³-hybridized carbons (Fsp3) is 0.0455. The summed E-state index contributed by atoms with van der Waals surface area (Å²) < 4.78 is 5.69. The van der Waals surface area contributed by atoms with Gasteiger partial charge in [-0.2, -0.15) is 0 Å². The van der Waals surface area contributed by atoms with Crippen molar-refractivity contribution in [2.45, 2.75) is 5.92 Å². The van der Waals surface area contributed by atoms with Crippen molar-refractivity contribution in [3.8, 4) is 11.5 Å². The van der Waals surface area contributed by atoms with Crippen molar-refractivity contribution in [1.82, 2.24) is 0 Å². The third-order valence-electron chi connectivity index (χ3n) is 4.37. The molecule has 0 radical (unpaired) electrons. The van der Waals surface area contributed by atoms with Gasteiger partial charge in [-0.3, -0.25) is 14.4 Å². The van der Waals surface area contributed by atoms with Crippen LogP contribution in [0, 0.1) is 0 Å². The number of benzene rings is 3. The van der Waals surface area contributed by atoms with Gasteiger partial charge >= 0.3 is 0 Å². The second-order valence-corrected chi connectivity index (χ2v) is 6.27. The van der Waals surface area contributed by atoms with E-state index in [9.17, 15) is 14.4 Å². The minimum absolute atomic E-state index is 0.436. The average molecular weight is 372 g/mol. The predicted molar refractivity (Wildman–Crippen MR) is 104 cm³/mol. The summed E-state index contributed by atoms with van der Waals surface area (Å²) >= 11 is 0. The number of ketones is 1. The molecular weight excluding hydrogens is 356 g/mol. The lowest BCUT2D eigenvalue weighted by molar-refractivity contribution is -0.138. The fourth-order valence-electron chi connectivity index (χ4n) is 3.02. The molecule has 0 unspecified atom stereocenters. The predicted octanol–water partition coefficient (Wildman–Crippen LogP) is 3.72. The number of carbonyl (C=O) groups excluding carboxylic acids is 3. The average Bonchev–Trinajstić information content (AvgIpc) is 3.05. The number of para-hydroxylation sites is 2. The van der Waals surface area contributed by atoms with Gasteiger partial charge in [0, 0.05) is 11.4 Å². The quantitative estimate of drug-likeness (QED) is 0.528. The molecule has 1 aliphatic rings. The van der Waals surface area contributed by atoms with Gasteiger partial charge in [0.1, 0.15) is 17.4 Å². The van der Waals surface area contributed by atoms with E-state index in [1.54, 1.807) is 48.5 Å². The van der Waals surface area contributed by atoms with Crippen LogP contribution in [0.5, 0.6) is 11.5 Å². The largest absolute Gasteiger partial charge is 0.457 e. The topological polar surface area (TPSA) is 84.5 Å². The number of hydrogen-bond acceptors (Lipinski definition) is 4. The number of fused-ring (bicyclic) bond motifs is 1. The van der Waals surface area contributed by atoms with Gasteiger partial charge in [0.05, 0.1) is 0 Å². The molecule has 6 nitrogen and oxygen atoms in total. The molecule has 0 saturated heterocycles. The summed E-state index contributed by atoms with van der Waals surface area (Å²) in [4.78, 5) is 37.0. The number of anilines is 2. The molecule has 4 rings (SSSR count). The van der Waals surface area contributed by atoms with Crippen LogP contribution in [0.4, 0.5) is 11.4 Å². The maximum Gasteiger partial charge on any atom is 0.292 e. The van der Waals surface area contributed by atoms with Crippen molar-refractivity contribution in [3.05, 3.63) is 84.4 Å². The van der Waals surface area contributed by atoms with Crippen molar-refractivity contribution in [2.75, 3.05) is 10.6 Å². The Morgan fingerprint density at radius 3 is 2.21 bits per heavy atom. The number of Topliss-reactive ketones (excluding diaryl/α,β-unsaturated/α-hetero) is 1. The molecule has 138 valence electrons. The zero-order chi connectivity index (χ0) is 19.5. The fourth-order valence-corrected chi connectivity index (χ4v) is 3.02. The summed E-state index contributed by atoms with van der Waals surface area (Å²) in [6, 6.07) is 22.8. The van der Waals surface area contributed by atoms with Crippen LogP contribution in [0.2, 0.25) is 0 Å². The highest BCUT2D eigenvalue weighted by molar-refractivity contribution is 6.47. The van der Waals surface area contributed by atoms with E-state index in [0.29, 0.717) is 28.4 Å². The van der Waals surface area contributed by atoms with E-state index in [1.165, 1.54) is 0 Å². The van der Waals surface area contributed by atoms with Crippen molar-refractivity contribution in [1.29, 1.82) is 0 Å². The third-order valence-corrected chi connectivity index (χ3v) is 4.37. The van der Waals surface area contributed by atoms with Crippen LogP contribution in [0.3, 0.4) is 0 Å². The lowest BCUT2D eigenvalue weighted by Gasteiger charge is -2.10. The zero-order valence-electron chi connectivity index (χ0n) is 14.7. The Hall–Kier alpha value is -3.93. The van der Waals surface area contributed by atoms with Crippen LogP contribution >= 0.6 is 0 Å². The minimum Gasteiger partial charge on any atom is -0.457 e. The molecule has 6 heteroatoms. The standard InChI is InChI=1S/C22H16N2O4/c25-20(19-17-8-4-5-9-18(17)24-21(19)26)22(27)23-14-10-12-16(13-11-14)28-15-6-2-1-3-7-15/h1-13,19H,(H,23,27)(H,24,26)/t19-/m0/s1. The Morgan fingerprint density at radius 1 is 0.821 bits per heavy atom. The Kier molecular flexibility index (Phi) is 4.60. The first-order valence-corrected chi connectivity index (χ1v) is 8.70. The molecule has 0 fully saturated rings. The van der Waals surface area contributed by atoms with Crippen LogP contribution in [-0.4, -0.2) is 17.6 Å². The first-order valence-electron chi connectivity index (χ1n) is 8.70. The van der Waals surface area contributed by atoms with Crippen LogP contribution in [0.15, 0.2) is 78.9 Å². The van der Waals surface area contributed by atoms with E-state index in [-0.39, 0.29) is 0 Å². The molecule has 0 aromatic heterocycles. The van der Waals surface area contributed by atoms with Crippen LogP contribution < -0.4 is 15.4 Å². The Bertz CT molecular complexity index is 1050. The van der Waals surface area contributed by atoms with Gasteiger partial charge in [0.15, 0.2) is 0 Å². The SMILES string of the molecule is O=C(Nc1ccc(Oc2ccccc2)cc1)C(=O)[C@H]1C(=O)Nc2ccccc21. The van der Waals surface area contributed by atoms with E-state index in [0.717, 1.165) is 0 Å². The third kappa shape index (κ3) is 3.48. The second kappa shape index (κ2) is 7.36. The van der Waals surface area contributed by atoms with E-state index < -0.39 is 23.5 Å². The van der Waals surface area contributed by atoms with Gasteiger partial charge in [-0.05, 0) is 48.0 Å². The molecule has 0 saturated carbocycles. The molecular formula is C22H16N2O4. The molecule has 2 amide bonds. The van der Waals surface area contributed by atoms with E-state index in [1.807, 2.05) is 30.3 Å². The van der Waals surface area contributed by atoms with Crippen molar-refractivity contribution in [2.24, 2.45) is 0 Å². The van der Waals surface area contributed by atoms with Crippen LogP contribution in [0.25, 0.3) is 0 Å². The van der Waals surface area contributed by atoms with Crippen molar-refractivity contribution in [3.63, 3.8) is 0 Å². The summed E-state index contributed by atoms with van der Waals surface area (Å²) in [5, 5.41) is 5.16. The Morgan fingerprint density at radius 2 is 1.46 bits per heavy atom. The van der Waals surface area contributed by atoms with Gasteiger partial charge in [0.2, 0.25) is 11.7 Å². The number of nitrogens with one attached hydrogen (secondary N) is 2. The maximum atomic E-state index is 12.5. The zero-order valence-corrected chi connectivity index (χ0v) is 14.7. The summed E-state index contributed by atoms with van der Waals surface area (Å²) in [5.74, 6) is -1.97. The molecule has 0 aliphatic carbocycles. The Labute approximate surface area is 161 Å². The lowest BCUT2D eigenvalue weighted by atomic mass is 9.95. The number of carbonyl (C=O) groups is 3. The highest BCUT2D eigenvalue weighted by atomic mass is 16.5. The van der Waals surface area contributed by atoms with Gasteiger partial charge in [-0.1, -0.05) is 36.4 Å². The minimum atomic E-state index is -1.13. The smallest absolute Gasteiger partial charge is 0.292 e. The molecule has 1 aliphatic heterocycles. The van der Waals surface area contributed by atoms with E-state index >= 15 is 0 Å². The molecule has 1 atom stereocenters. The normalized spacial score (nSPS) is 14.7. The molecule has 0 spiro atoms. The van der Waals surface area contributed by atoms with Crippen LogP contribution in [-0.2, 0) is 14.4 Å². The van der Waals surface area contributed by atoms with Crippen molar-refractivity contribution < 1.29 is 19.1 Å². The highest BCUT2D eigenvalue weighted by Gasteiger charge is 2.39. The van der Waals surface area contributed by atoms with Gasteiger partial charge in [0.25, 0.3) is 5.91 Å². The van der Waals surface area contributed by atoms with E-state index in [4.69, 9.17) is 4.74 Å². The molecule has 2 N–H and O–H groups in total. The highest BCUT2D eigenvalue weighted by Crippen LogP contribution is 2.33. The lowest BCUT2D eigenvalue weighted by Crippen LogP contribution is -2.31. The second-order valence-electron chi connectivity index (χ2n) is 6.27. The summed E-state index contributed by atoms with van der Waals surface area (Å²) in [7, 11) is 0. The molecule has 3 aromatic carbocycles. The summed E-state index contributed by atoms with van der Waals surface area (Å²) in [5.41, 5.74) is 1.51. The maximum absolute atomic E-state index is 12.5. The number of ether oxygens (including phenoxy) is 1. The van der Waals surface area contributed by atoms with Crippen LogP contribution in [0.1, 0.15) is 11.5 Å². The summed E-state index contributed by atoms with van der Waals surface area (Å²) in [6.45, 7) is 0. The summed E-state index contributed by atoms with van der Waals surface area (Å²) in [6.07, 6.45) is 0. The van der Waals surface area contributed by atoms with Gasteiger partial charge in [-0.25, -0.2) is 0 Å². The molecule has 0 bridgehead atoms. The monoisotopic (exact) mass is 372 g/mol.